The van der Waals surface area contributed by atoms with E-state index in [0.717, 1.165) is 12.8 Å². The van der Waals surface area contributed by atoms with E-state index < -0.39 is 11.0 Å². The number of carbonyl (C=O) groups excluding carboxylic acids is 1. The van der Waals surface area contributed by atoms with E-state index in [-0.39, 0.29) is 40.4 Å². The van der Waals surface area contributed by atoms with Gasteiger partial charge in [0.05, 0.1) is 0 Å². The number of carbonyl (C=O) groups is 1. The van der Waals surface area contributed by atoms with Crippen LogP contribution in [0.25, 0.3) is 5.78 Å². The zero-order valence-corrected chi connectivity index (χ0v) is 19.8. The molecule has 1 aliphatic heterocycles. The predicted molar refractivity (Wildman–Crippen MR) is 115 cm³/mol. The van der Waals surface area contributed by atoms with Crippen molar-refractivity contribution < 1.29 is 13.4 Å². The van der Waals surface area contributed by atoms with Gasteiger partial charge < -0.3 is 9.64 Å². The van der Waals surface area contributed by atoms with Crippen LogP contribution in [0.15, 0.2) is 9.53 Å². The highest BCUT2D eigenvalue weighted by Crippen LogP contribution is 2.48. The molecule has 1 atom stereocenters. The predicted octanol–water partition coefficient (Wildman–Crippen LogP) is 4.20. The molecule has 0 radical (unpaired) electrons. The van der Waals surface area contributed by atoms with Crippen molar-refractivity contribution in [1.29, 1.82) is 0 Å². The molecule has 1 fully saturated rings. The lowest BCUT2D eigenvalue weighted by molar-refractivity contribution is 0.0151. The van der Waals surface area contributed by atoms with Crippen molar-refractivity contribution in [2.45, 2.75) is 70.3 Å². The molecule has 0 N–H and O–H groups in total. The minimum absolute atomic E-state index is 0.0194. The topological polar surface area (TPSA) is 81.7 Å². The second-order valence-corrected chi connectivity index (χ2v) is 10.4. The SMILES string of the molecule is CC1CCC2(CCN(C(=O)OC(C)(C)C)CC2)c2c1n(SF)c1nc(Br)nn1c2=O. The Hall–Kier alpha value is -1.62. The van der Waals surface area contributed by atoms with Gasteiger partial charge in [-0.05, 0) is 68.3 Å². The summed E-state index contributed by atoms with van der Waals surface area (Å²) in [7, 11) is 0. The molecule has 1 aliphatic carbocycles. The Morgan fingerprint density at radius 2 is 1.97 bits per heavy atom. The second-order valence-electron chi connectivity index (χ2n) is 9.21. The molecule has 164 valence electrons. The summed E-state index contributed by atoms with van der Waals surface area (Å²) < 4.78 is 22.4. The van der Waals surface area contributed by atoms with Crippen LogP contribution in [0.4, 0.5) is 8.68 Å². The van der Waals surface area contributed by atoms with Crippen molar-refractivity contribution in [3.63, 3.8) is 0 Å². The number of amides is 1. The van der Waals surface area contributed by atoms with Gasteiger partial charge in [-0.15, -0.1) is 8.98 Å². The fraction of sp³-hybridized carbons (Fsp3) is 0.684. The van der Waals surface area contributed by atoms with Crippen molar-refractivity contribution >= 4 is 40.1 Å². The molecule has 0 bridgehead atoms. The summed E-state index contributed by atoms with van der Waals surface area (Å²) in [5.41, 5.74) is 0.0662. The quantitative estimate of drug-likeness (QED) is 0.582. The third-order valence-corrected chi connectivity index (χ3v) is 6.96. The van der Waals surface area contributed by atoms with Crippen LogP contribution in [0.1, 0.15) is 70.6 Å². The number of fused-ring (bicyclic) bond motifs is 3. The van der Waals surface area contributed by atoms with Crippen molar-refractivity contribution in [1.82, 2.24) is 23.5 Å². The number of hydrogen-bond donors (Lipinski definition) is 0. The Morgan fingerprint density at radius 1 is 1.30 bits per heavy atom. The van der Waals surface area contributed by atoms with Crippen LogP contribution in [0, 0.1) is 0 Å². The van der Waals surface area contributed by atoms with Crippen LogP contribution in [0.2, 0.25) is 0 Å². The Kier molecular flexibility index (Phi) is 5.41. The molecule has 4 rings (SSSR count). The fourth-order valence-corrected chi connectivity index (χ4v) is 5.53. The van der Waals surface area contributed by atoms with Gasteiger partial charge in [-0.25, -0.2) is 8.77 Å². The average Bonchev–Trinajstić information content (AvgIpc) is 3.06. The number of nitrogens with zero attached hydrogens (tertiary/aromatic N) is 5. The van der Waals surface area contributed by atoms with Crippen LogP contribution in [-0.2, 0) is 10.2 Å². The van der Waals surface area contributed by atoms with Gasteiger partial charge in [0.1, 0.15) is 5.60 Å². The zero-order chi connectivity index (χ0) is 21.8. The normalized spacial score (nSPS) is 21.1. The van der Waals surface area contributed by atoms with E-state index in [2.05, 4.69) is 26.0 Å². The maximum absolute atomic E-state index is 14.1. The molecule has 1 spiro atoms. The molecule has 0 aromatic carbocycles. The van der Waals surface area contributed by atoms with Gasteiger partial charge in [0.25, 0.3) is 5.56 Å². The summed E-state index contributed by atoms with van der Waals surface area (Å²) >= 11 is 3.24. The number of hydrogen-bond acceptors (Lipinski definition) is 6. The molecule has 2 aromatic rings. The molecule has 0 saturated carbocycles. The van der Waals surface area contributed by atoms with Crippen LogP contribution in [-0.4, -0.2) is 48.3 Å². The van der Waals surface area contributed by atoms with Gasteiger partial charge >= 0.3 is 6.09 Å². The highest BCUT2D eigenvalue weighted by Gasteiger charge is 2.46. The van der Waals surface area contributed by atoms with Crippen LogP contribution in [0.5, 0.6) is 0 Å². The number of likely N-dealkylation sites (tertiary alicyclic amines) is 1. The van der Waals surface area contributed by atoms with E-state index in [9.17, 15) is 13.5 Å². The van der Waals surface area contributed by atoms with Crippen LogP contribution >= 0.6 is 28.3 Å². The molecule has 30 heavy (non-hydrogen) atoms. The number of ether oxygens (including phenoxy) is 1. The first-order valence-corrected chi connectivity index (χ1v) is 11.5. The standard InChI is InChI=1S/C19H25BrFN5O3S/c1-11-5-6-19(7-9-24(10-8-19)17(28)29-18(2,3)4)12-13(11)26(30-21)16-22-15(20)23-25(16)14(12)27/h11H,5-10H2,1-4H3. The van der Waals surface area contributed by atoms with E-state index in [1.807, 2.05) is 27.7 Å². The first-order valence-electron chi connectivity index (χ1n) is 10.0. The monoisotopic (exact) mass is 501 g/mol. The molecule has 3 heterocycles. The highest BCUT2D eigenvalue weighted by atomic mass is 79.9. The maximum atomic E-state index is 14.1. The van der Waals surface area contributed by atoms with Gasteiger partial charge in [-0.2, -0.15) is 9.50 Å². The summed E-state index contributed by atoms with van der Waals surface area (Å²) in [6.07, 6.45) is 2.56. The first-order chi connectivity index (χ1) is 14.1. The molecule has 11 heteroatoms. The first kappa shape index (κ1) is 21.6. The zero-order valence-electron chi connectivity index (χ0n) is 17.4. The van der Waals surface area contributed by atoms with E-state index in [1.54, 1.807) is 4.90 Å². The minimum atomic E-state index is -0.558. The summed E-state index contributed by atoms with van der Waals surface area (Å²) in [6, 6.07) is 0. The van der Waals surface area contributed by atoms with Gasteiger partial charge in [0, 0.05) is 29.8 Å². The lowest BCUT2D eigenvalue weighted by atomic mass is 9.64. The number of halogens is 2. The molecular weight excluding hydrogens is 477 g/mol. The Morgan fingerprint density at radius 3 is 2.57 bits per heavy atom. The molecular formula is C19H25BrFN5O3S. The Balaban J connectivity index is 1.76. The van der Waals surface area contributed by atoms with Gasteiger partial charge in [-0.1, -0.05) is 6.92 Å². The van der Waals surface area contributed by atoms with Crippen molar-refractivity contribution in [2.24, 2.45) is 0 Å². The molecule has 8 nitrogen and oxygen atoms in total. The lowest BCUT2D eigenvalue weighted by Gasteiger charge is -2.46. The van der Waals surface area contributed by atoms with Gasteiger partial charge in [-0.3, -0.25) is 4.79 Å². The average molecular weight is 502 g/mol. The maximum Gasteiger partial charge on any atom is 0.410 e. The van der Waals surface area contributed by atoms with Crippen molar-refractivity contribution in [3.8, 4) is 0 Å². The minimum Gasteiger partial charge on any atom is -0.444 e. The van der Waals surface area contributed by atoms with Crippen LogP contribution < -0.4 is 5.56 Å². The number of rotatable bonds is 1. The van der Waals surface area contributed by atoms with Gasteiger partial charge in [0.2, 0.25) is 10.5 Å². The van der Waals surface area contributed by atoms with Crippen molar-refractivity contribution in [2.75, 3.05) is 13.1 Å². The van der Waals surface area contributed by atoms with Gasteiger partial charge in [0.15, 0.2) is 12.3 Å². The molecule has 2 aromatic heterocycles. The summed E-state index contributed by atoms with van der Waals surface area (Å²) in [6.45, 7) is 8.51. The summed E-state index contributed by atoms with van der Waals surface area (Å²) in [5.74, 6) is 0.194. The summed E-state index contributed by atoms with van der Waals surface area (Å²) in [4.78, 5) is 31.8. The lowest BCUT2D eigenvalue weighted by Crippen LogP contribution is -2.50. The third-order valence-electron chi connectivity index (χ3n) is 6.12. The van der Waals surface area contributed by atoms with E-state index >= 15 is 0 Å². The number of piperidine rings is 1. The number of aromatic nitrogens is 4. The second kappa shape index (κ2) is 7.51. The smallest absolute Gasteiger partial charge is 0.410 e. The highest BCUT2D eigenvalue weighted by molar-refractivity contribution is 9.10. The van der Waals surface area contributed by atoms with E-state index in [1.165, 1.54) is 8.49 Å². The Bertz CT molecular complexity index is 1060. The molecule has 1 amide bonds. The molecule has 1 saturated heterocycles. The third kappa shape index (κ3) is 3.53. The van der Waals surface area contributed by atoms with E-state index in [0.29, 0.717) is 37.2 Å². The molecule has 2 aliphatic rings. The summed E-state index contributed by atoms with van der Waals surface area (Å²) in [5, 5.41) is 4.14. The van der Waals surface area contributed by atoms with Crippen molar-refractivity contribution in [3.05, 3.63) is 26.3 Å². The largest absolute Gasteiger partial charge is 0.444 e. The van der Waals surface area contributed by atoms with E-state index in [4.69, 9.17) is 4.74 Å². The Labute approximate surface area is 186 Å². The van der Waals surface area contributed by atoms with Crippen LogP contribution in [0.3, 0.4) is 0 Å². The molecule has 1 unspecified atom stereocenters. The fourth-order valence-electron chi connectivity index (χ4n) is 4.68.